The van der Waals surface area contributed by atoms with Gasteiger partial charge in [0.25, 0.3) is 11.6 Å². The number of carbonyl (C=O) groups is 2. The molecule has 0 bridgehead atoms. The molecule has 1 aliphatic heterocycles. The number of anilines is 1. The first kappa shape index (κ1) is 20.7. The van der Waals surface area contributed by atoms with Crippen LogP contribution in [0, 0.1) is 21.4 Å². The van der Waals surface area contributed by atoms with Crippen LogP contribution in [0.1, 0.15) is 19.3 Å². The predicted molar refractivity (Wildman–Crippen MR) is 100 cm³/mol. The topological polar surface area (TPSA) is 138 Å². The number of nitro groups is 1. The minimum Gasteiger partial charge on any atom is -0.494 e. The Balaban J connectivity index is 1.90. The Morgan fingerprint density at radius 1 is 1.50 bits per heavy atom. The Hall–Kier alpha value is -3.61. The molecule has 10 heteroatoms. The summed E-state index contributed by atoms with van der Waals surface area (Å²) in [6.07, 6.45) is 3.48. The van der Waals surface area contributed by atoms with Gasteiger partial charge in [-0.25, -0.2) is 0 Å². The van der Waals surface area contributed by atoms with Gasteiger partial charge in [-0.1, -0.05) is 0 Å². The number of nitrogens with zero attached hydrogens (tertiary/aromatic N) is 3. The van der Waals surface area contributed by atoms with E-state index >= 15 is 0 Å². The number of amides is 2. The summed E-state index contributed by atoms with van der Waals surface area (Å²) >= 11 is 0. The van der Waals surface area contributed by atoms with E-state index in [1.165, 1.54) is 31.5 Å². The van der Waals surface area contributed by atoms with Crippen LogP contribution >= 0.6 is 0 Å². The van der Waals surface area contributed by atoms with E-state index in [1.54, 1.807) is 11.0 Å². The van der Waals surface area contributed by atoms with Crippen LogP contribution < -0.4 is 15.4 Å². The number of ether oxygens (including phenoxy) is 1. The van der Waals surface area contributed by atoms with E-state index in [-0.39, 0.29) is 28.6 Å². The van der Waals surface area contributed by atoms with Crippen LogP contribution in [0.3, 0.4) is 0 Å². The first-order chi connectivity index (χ1) is 13.5. The SMILES string of the molecule is COc1cc([N+](=O)[O-])ccc1NC(=O)/C(C#N)=C\NCCCN1CCCC1=O. The molecule has 0 atom stereocenters. The summed E-state index contributed by atoms with van der Waals surface area (Å²) in [4.78, 5) is 35.8. The lowest BCUT2D eigenvalue weighted by Crippen LogP contribution is -2.27. The van der Waals surface area contributed by atoms with E-state index < -0.39 is 10.8 Å². The van der Waals surface area contributed by atoms with Crippen molar-refractivity contribution in [2.45, 2.75) is 19.3 Å². The fourth-order valence-electron chi connectivity index (χ4n) is 2.72. The third-order valence-corrected chi connectivity index (χ3v) is 4.18. The quantitative estimate of drug-likeness (QED) is 0.215. The highest BCUT2D eigenvalue weighted by Crippen LogP contribution is 2.29. The molecule has 0 saturated carbocycles. The highest BCUT2D eigenvalue weighted by atomic mass is 16.6. The largest absolute Gasteiger partial charge is 0.494 e. The average molecular weight is 387 g/mol. The Morgan fingerprint density at radius 3 is 2.89 bits per heavy atom. The van der Waals surface area contributed by atoms with Crippen molar-refractivity contribution in [2.24, 2.45) is 0 Å². The number of likely N-dealkylation sites (tertiary alicyclic amines) is 1. The molecule has 0 spiro atoms. The van der Waals surface area contributed by atoms with Crippen LogP contribution in [-0.2, 0) is 9.59 Å². The molecule has 0 aliphatic carbocycles. The van der Waals surface area contributed by atoms with Crippen LogP contribution in [0.4, 0.5) is 11.4 Å². The number of rotatable bonds is 9. The van der Waals surface area contributed by atoms with E-state index in [2.05, 4.69) is 10.6 Å². The number of nitriles is 1. The van der Waals surface area contributed by atoms with Crippen molar-refractivity contribution in [3.8, 4) is 11.8 Å². The summed E-state index contributed by atoms with van der Waals surface area (Å²) in [5, 5.41) is 25.4. The van der Waals surface area contributed by atoms with Gasteiger partial charge in [0.15, 0.2) is 0 Å². The molecule has 1 heterocycles. The number of methoxy groups -OCH3 is 1. The molecule has 1 aromatic rings. The maximum Gasteiger partial charge on any atom is 0.273 e. The van der Waals surface area contributed by atoms with Gasteiger partial charge in [0.2, 0.25) is 5.91 Å². The molecule has 1 fully saturated rings. The Morgan fingerprint density at radius 2 is 2.29 bits per heavy atom. The Kier molecular flexibility index (Phi) is 7.33. The number of non-ortho nitro benzene ring substituents is 1. The van der Waals surface area contributed by atoms with Gasteiger partial charge in [-0.05, 0) is 18.9 Å². The van der Waals surface area contributed by atoms with Crippen LogP contribution in [0.25, 0.3) is 0 Å². The second-order valence-corrected chi connectivity index (χ2v) is 6.06. The lowest BCUT2D eigenvalue weighted by atomic mass is 10.2. The van der Waals surface area contributed by atoms with Crippen LogP contribution in [0.15, 0.2) is 30.0 Å². The van der Waals surface area contributed by atoms with Gasteiger partial charge in [-0.15, -0.1) is 0 Å². The van der Waals surface area contributed by atoms with Gasteiger partial charge in [-0.2, -0.15) is 5.26 Å². The second kappa shape index (κ2) is 9.91. The fourth-order valence-corrected chi connectivity index (χ4v) is 2.72. The van der Waals surface area contributed by atoms with Crippen molar-refractivity contribution in [2.75, 3.05) is 32.1 Å². The zero-order valence-corrected chi connectivity index (χ0v) is 15.4. The number of carbonyl (C=O) groups excluding carboxylic acids is 2. The van der Waals surface area contributed by atoms with Crippen molar-refractivity contribution in [1.29, 1.82) is 5.26 Å². The van der Waals surface area contributed by atoms with Crippen molar-refractivity contribution in [3.05, 3.63) is 40.1 Å². The van der Waals surface area contributed by atoms with Gasteiger partial charge < -0.3 is 20.3 Å². The van der Waals surface area contributed by atoms with Gasteiger partial charge >= 0.3 is 0 Å². The minimum atomic E-state index is -0.670. The van der Waals surface area contributed by atoms with Gasteiger partial charge in [0.1, 0.15) is 17.4 Å². The van der Waals surface area contributed by atoms with Crippen LogP contribution in [-0.4, -0.2) is 48.4 Å². The fraction of sp³-hybridized carbons (Fsp3) is 0.389. The normalized spacial score (nSPS) is 13.8. The molecule has 1 aliphatic rings. The molecule has 10 nitrogen and oxygen atoms in total. The predicted octanol–water partition coefficient (Wildman–Crippen LogP) is 1.55. The zero-order chi connectivity index (χ0) is 20.5. The van der Waals surface area contributed by atoms with E-state index in [1.807, 2.05) is 0 Å². The summed E-state index contributed by atoms with van der Waals surface area (Å²) in [5.41, 5.74) is -0.117. The van der Waals surface area contributed by atoms with Gasteiger partial charge in [-0.3, -0.25) is 19.7 Å². The second-order valence-electron chi connectivity index (χ2n) is 6.06. The molecule has 0 unspecified atom stereocenters. The van der Waals surface area contributed by atoms with E-state index in [4.69, 9.17) is 4.74 Å². The van der Waals surface area contributed by atoms with Gasteiger partial charge in [0.05, 0.1) is 23.8 Å². The number of hydrogen-bond acceptors (Lipinski definition) is 7. The van der Waals surface area contributed by atoms with Crippen LogP contribution in [0.2, 0.25) is 0 Å². The summed E-state index contributed by atoms with van der Waals surface area (Å²) < 4.78 is 5.05. The lowest BCUT2D eigenvalue weighted by molar-refractivity contribution is -0.384. The molecule has 0 aromatic heterocycles. The molecule has 0 radical (unpaired) electrons. The van der Waals surface area contributed by atoms with E-state index in [0.717, 1.165) is 13.0 Å². The monoisotopic (exact) mass is 387 g/mol. The Labute approximate surface area is 161 Å². The molecule has 28 heavy (non-hydrogen) atoms. The Bertz CT molecular complexity index is 830. The van der Waals surface area contributed by atoms with Gasteiger partial charge in [0, 0.05) is 38.3 Å². The maximum atomic E-state index is 12.3. The van der Waals surface area contributed by atoms with Crippen molar-refractivity contribution in [1.82, 2.24) is 10.2 Å². The molecule has 148 valence electrons. The summed E-state index contributed by atoms with van der Waals surface area (Å²) in [7, 11) is 1.32. The highest BCUT2D eigenvalue weighted by Gasteiger charge is 2.19. The number of benzene rings is 1. The van der Waals surface area contributed by atoms with Crippen molar-refractivity contribution >= 4 is 23.2 Å². The lowest BCUT2D eigenvalue weighted by Gasteiger charge is -2.14. The minimum absolute atomic E-state index is 0.114. The summed E-state index contributed by atoms with van der Waals surface area (Å²) in [6, 6.07) is 5.55. The molecular formula is C18H21N5O5. The molecule has 1 aromatic carbocycles. The number of nitro benzene ring substituents is 1. The summed E-state index contributed by atoms with van der Waals surface area (Å²) in [5.74, 6) is -0.398. The maximum absolute atomic E-state index is 12.3. The third-order valence-electron chi connectivity index (χ3n) is 4.18. The van der Waals surface area contributed by atoms with Crippen molar-refractivity contribution in [3.63, 3.8) is 0 Å². The number of hydrogen-bond donors (Lipinski definition) is 2. The summed E-state index contributed by atoms with van der Waals surface area (Å²) in [6.45, 7) is 1.91. The molecule has 2 N–H and O–H groups in total. The average Bonchev–Trinajstić information content (AvgIpc) is 3.09. The van der Waals surface area contributed by atoms with Crippen molar-refractivity contribution < 1.29 is 19.2 Å². The molecule has 2 rings (SSSR count). The molecular weight excluding hydrogens is 366 g/mol. The first-order valence-corrected chi connectivity index (χ1v) is 8.71. The molecule has 2 amide bonds. The molecule has 1 saturated heterocycles. The van der Waals surface area contributed by atoms with Crippen LogP contribution in [0.5, 0.6) is 5.75 Å². The van der Waals surface area contributed by atoms with E-state index in [9.17, 15) is 25.0 Å². The zero-order valence-electron chi connectivity index (χ0n) is 15.4. The first-order valence-electron chi connectivity index (χ1n) is 8.71. The number of nitrogens with one attached hydrogen (secondary N) is 2. The smallest absolute Gasteiger partial charge is 0.273 e. The third kappa shape index (κ3) is 5.44. The van der Waals surface area contributed by atoms with E-state index in [0.29, 0.717) is 25.9 Å². The standard InChI is InChI=1S/C18H21N5O5/c1-28-16-10-14(23(26)27)5-6-15(16)21-18(25)13(11-19)12-20-7-3-9-22-8-2-4-17(22)24/h5-6,10,12,20H,2-4,7-9H2,1H3,(H,21,25)/b13-12-. The highest BCUT2D eigenvalue weighted by molar-refractivity contribution is 6.07.